The van der Waals surface area contributed by atoms with Gasteiger partial charge in [0.1, 0.15) is 19.0 Å². The van der Waals surface area contributed by atoms with Crippen LogP contribution >= 0.6 is 0 Å². The molecule has 2 fully saturated rings. The number of carbonyl (C=O) groups excluding carboxylic acids is 4. The van der Waals surface area contributed by atoms with Crippen molar-refractivity contribution in [3.05, 3.63) is 60.2 Å². The largest absolute Gasteiger partial charge is 0.479 e. The number of ketones is 1. The van der Waals surface area contributed by atoms with Crippen molar-refractivity contribution < 1.29 is 63.4 Å². The number of rotatable bonds is 16. The molecule has 0 saturated carbocycles. The average molecular weight is 691 g/mol. The number of ether oxygens (including phenoxy) is 3. The molecule has 2 saturated heterocycles. The van der Waals surface area contributed by atoms with Crippen LogP contribution in [0.25, 0.3) is 0 Å². The third kappa shape index (κ3) is 10.7. The fourth-order valence-electron chi connectivity index (χ4n) is 5.93. The van der Waals surface area contributed by atoms with Gasteiger partial charge in [0, 0.05) is 31.8 Å². The topological polar surface area (TPSA) is 211 Å². The molecule has 0 aliphatic carbocycles. The highest BCUT2D eigenvalue weighted by molar-refractivity contribution is 5.94. The Hall–Kier alpha value is -4.04. The van der Waals surface area contributed by atoms with Crippen LogP contribution in [-0.2, 0) is 49.4 Å². The number of hydrogen-bond acceptors (Lipinski definition) is 11. The fourth-order valence-corrected chi connectivity index (χ4v) is 5.93. The van der Waals surface area contributed by atoms with E-state index in [1.54, 1.807) is 6.08 Å². The van der Waals surface area contributed by atoms with E-state index in [2.05, 4.69) is 20.4 Å². The number of aliphatic hydroxyl groups is 2. The molecule has 0 aromatic heterocycles. The van der Waals surface area contributed by atoms with E-state index < -0.39 is 65.4 Å². The molecule has 4 unspecified atom stereocenters. The monoisotopic (exact) mass is 690 g/mol. The number of carbonyl (C=O) groups is 6. The molecule has 13 heteroatoms. The lowest BCUT2D eigenvalue weighted by Gasteiger charge is -2.49. The molecule has 0 radical (unpaired) electrons. The van der Waals surface area contributed by atoms with E-state index in [9.17, 15) is 39.3 Å². The van der Waals surface area contributed by atoms with Crippen molar-refractivity contribution >= 4 is 36.8 Å². The van der Waals surface area contributed by atoms with Gasteiger partial charge in [-0.1, -0.05) is 70.2 Å². The quantitative estimate of drug-likeness (QED) is 0.0846. The third-order valence-electron chi connectivity index (χ3n) is 8.78. The summed E-state index contributed by atoms with van der Waals surface area (Å²) in [5, 5.41) is 39.9. The Kier molecular flexibility index (Phi) is 16.9. The second kappa shape index (κ2) is 19.2. The maximum absolute atomic E-state index is 12.3. The van der Waals surface area contributed by atoms with Gasteiger partial charge >= 0.3 is 17.9 Å². The lowest BCUT2D eigenvalue weighted by molar-refractivity contribution is -0.364. The van der Waals surface area contributed by atoms with Crippen molar-refractivity contribution in [2.75, 3.05) is 0 Å². The highest BCUT2D eigenvalue weighted by Gasteiger charge is 2.77. The number of carboxylic acids is 2. The number of esters is 1. The van der Waals surface area contributed by atoms with Gasteiger partial charge in [-0.3, -0.25) is 14.4 Å². The second-order valence-corrected chi connectivity index (χ2v) is 12.5. The highest BCUT2D eigenvalue weighted by atomic mass is 16.8. The Bertz CT molecular complexity index is 1330. The van der Waals surface area contributed by atoms with Crippen molar-refractivity contribution in [3.8, 4) is 0 Å². The summed E-state index contributed by atoms with van der Waals surface area (Å²) in [6.45, 7) is 14.6. The van der Waals surface area contributed by atoms with E-state index in [-0.39, 0.29) is 25.0 Å². The SMILES string of the molecule is C=C(CCC12OC(C(C)=O)C(O)(C=O)C(C(=O)O)(C[C@H]1O)O2)[C@@H](OC(C)=O)[C@H](C)Cc1ccccc1.C=O.CC[C@H](C)CC/C=C/C(=O)O. The van der Waals surface area contributed by atoms with Gasteiger partial charge in [0.25, 0.3) is 0 Å². The number of aliphatic carboxylic acids is 2. The van der Waals surface area contributed by atoms with E-state index in [4.69, 9.17) is 24.1 Å². The van der Waals surface area contributed by atoms with Crippen LogP contribution in [-0.4, -0.2) is 92.5 Å². The minimum absolute atomic E-state index is 0.0635. The van der Waals surface area contributed by atoms with Gasteiger partial charge in [0.05, 0.1) is 0 Å². The Morgan fingerprint density at radius 1 is 1.10 bits per heavy atom. The third-order valence-corrected chi connectivity index (χ3v) is 8.78. The molecule has 3 rings (SSSR count). The van der Waals surface area contributed by atoms with Gasteiger partial charge in [-0.2, -0.15) is 0 Å². The number of Topliss-reactive ketones (excluding diaryl/α,β-unsaturated/α-hetero) is 1. The first-order chi connectivity index (χ1) is 23.0. The van der Waals surface area contributed by atoms with E-state index in [0.29, 0.717) is 17.9 Å². The smallest absolute Gasteiger partial charge is 0.339 e. The molecule has 4 N–H and O–H groups in total. The van der Waals surface area contributed by atoms with Crippen molar-refractivity contribution in [2.45, 2.75) is 115 Å². The van der Waals surface area contributed by atoms with Crippen molar-refractivity contribution in [3.63, 3.8) is 0 Å². The number of hydrogen-bond donors (Lipinski definition) is 4. The van der Waals surface area contributed by atoms with E-state index in [1.165, 1.54) is 19.4 Å². The molecule has 1 aromatic carbocycles. The minimum atomic E-state index is -2.84. The van der Waals surface area contributed by atoms with E-state index in [0.717, 1.165) is 25.3 Å². The number of benzene rings is 1. The minimum Gasteiger partial charge on any atom is -0.479 e. The van der Waals surface area contributed by atoms with E-state index in [1.807, 2.05) is 44.0 Å². The molecule has 1 aromatic rings. The summed E-state index contributed by atoms with van der Waals surface area (Å²) >= 11 is 0. The van der Waals surface area contributed by atoms with Crippen LogP contribution in [0, 0.1) is 11.8 Å². The standard InChI is InChI=1S/C26H32O10.C9H16O2.CH2O/c1-15(21(34-18(4)29)16(2)12-19-8-6-5-7-9-19)10-11-26-20(30)13-25(36-26,23(31)32)24(33,14-27)22(35-26)17(3)28;1-3-8(2)6-4-5-7-9(10)11;1-2/h5-9,14,16,20-22,30,33H,1,10-13H2,2-4H3,(H,31,32);5,7-8H,3-4,6H2,1-2H3,(H,10,11);1H2/b;7-5+;/t16-,20-,21-,22?,24?,25?,26?;8-;/m10./s1. The van der Waals surface area contributed by atoms with Gasteiger partial charge in [0.15, 0.2) is 29.6 Å². The molecule has 2 bridgehead atoms. The maximum atomic E-state index is 12.3. The first-order valence-electron chi connectivity index (χ1n) is 16.0. The first kappa shape index (κ1) is 43.0. The fraction of sp³-hybridized carbons (Fsp3) is 0.556. The van der Waals surface area contributed by atoms with Crippen LogP contribution in [0.4, 0.5) is 0 Å². The predicted molar refractivity (Wildman–Crippen MR) is 177 cm³/mol. The number of fused-ring (bicyclic) bond motifs is 2. The normalized spacial score (nSPS) is 27.2. The summed E-state index contributed by atoms with van der Waals surface area (Å²) in [4.78, 5) is 66.2. The Morgan fingerprint density at radius 2 is 1.71 bits per heavy atom. The molecule has 272 valence electrons. The molecule has 8 atom stereocenters. The molecule has 2 heterocycles. The summed E-state index contributed by atoms with van der Waals surface area (Å²) in [6.07, 6.45) is 1.61. The zero-order chi connectivity index (χ0) is 37.6. The van der Waals surface area contributed by atoms with Crippen molar-refractivity contribution in [1.82, 2.24) is 0 Å². The van der Waals surface area contributed by atoms with Crippen LogP contribution in [0.15, 0.2) is 54.6 Å². The molecular formula is C36H50O13. The molecule has 0 amide bonds. The predicted octanol–water partition coefficient (Wildman–Crippen LogP) is 3.62. The number of aliphatic hydroxyl groups excluding tert-OH is 1. The van der Waals surface area contributed by atoms with Crippen LogP contribution in [0.1, 0.15) is 78.7 Å². The summed E-state index contributed by atoms with van der Waals surface area (Å²) < 4.78 is 16.9. The summed E-state index contributed by atoms with van der Waals surface area (Å²) in [5.74, 6) is -5.35. The zero-order valence-corrected chi connectivity index (χ0v) is 28.8. The first-order valence-corrected chi connectivity index (χ1v) is 16.0. The second-order valence-electron chi connectivity index (χ2n) is 12.5. The lowest BCUT2D eigenvalue weighted by Crippen LogP contribution is -2.73. The highest BCUT2D eigenvalue weighted by Crippen LogP contribution is 2.54. The summed E-state index contributed by atoms with van der Waals surface area (Å²) in [5.41, 5.74) is -3.93. The van der Waals surface area contributed by atoms with E-state index >= 15 is 0 Å². The van der Waals surface area contributed by atoms with Crippen molar-refractivity contribution in [1.29, 1.82) is 0 Å². The zero-order valence-electron chi connectivity index (χ0n) is 28.8. The summed E-state index contributed by atoms with van der Waals surface area (Å²) in [7, 11) is 0. The van der Waals surface area contributed by atoms with Crippen LogP contribution in [0.2, 0.25) is 0 Å². The van der Waals surface area contributed by atoms with Crippen molar-refractivity contribution in [2.24, 2.45) is 11.8 Å². The molecule has 0 spiro atoms. The molecule has 2 aliphatic rings. The van der Waals surface area contributed by atoms with Gasteiger partial charge < -0.3 is 39.4 Å². The van der Waals surface area contributed by atoms with Gasteiger partial charge in [-0.25, -0.2) is 9.59 Å². The Labute approximate surface area is 286 Å². The molecule has 13 nitrogen and oxygen atoms in total. The van der Waals surface area contributed by atoms with Crippen LogP contribution in [0.5, 0.6) is 0 Å². The maximum Gasteiger partial charge on any atom is 0.339 e. The number of carboxylic acid groups (broad SMARTS) is 2. The molecule has 2 aliphatic heterocycles. The van der Waals surface area contributed by atoms with Gasteiger partial charge in [0.2, 0.25) is 5.60 Å². The molecule has 49 heavy (non-hydrogen) atoms. The van der Waals surface area contributed by atoms with Crippen LogP contribution in [0.3, 0.4) is 0 Å². The summed E-state index contributed by atoms with van der Waals surface area (Å²) in [6, 6.07) is 9.59. The van der Waals surface area contributed by atoms with Gasteiger partial charge in [-0.05, 0) is 49.7 Å². The lowest BCUT2D eigenvalue weighted by atomic mass is 9.76. The Morgan fingerprint density at radius 3 is 2.20 bits per heavy atom. The number of allylic oxidation sites excluding steroid dienone is 1. The Balaban J connectivity index is 0.000000786. The van der Waals surface area contributed by atoms with Gasteiger partial charge in [-0.15, -0.1) is 0 Å². The molecular weight excluding hydrogens is 640 g/mol. The number of aldehydes is 1. The van der Waals surface area contributed by atoms with Crippen LogP contribution < -0.4 is 0 Å². The average Bonchev–Trinajstić information content (AvgIpc) is 3.33.